The van der Waals surface area contributed by atoms with E-state index in [4.69, 9.17) is 10.5 Å². The number of nitrogens with two attached hydrogens (primary N) is 1. The summed E-state index contributed by atoms with van der Waals surface area (Å²) < 4.78 is 5.21. The number of benzene rings is 1. The molecule has 112 valence electrons. The zero-order chi connectivity index (χ0) is 14.4. The van der Waals surface area contributed by atoms with Gasteiger partial charge in [0.1, 0.15) is 0 Å². The van der Waals surface area contributed by atoms with Gasteiger partial charge in [-0.1, -0.05) is 37.1 Å². The Morgan fingerprint density at radius 3 is 2.75 bits per heavy atom. The summed E-state index contributed by atoms with van der Waals surface area (Å²) in [5.74, 6) is 0.663. The third-order valence-electron chi connectivity index (χ3n) is 4.47. The van der Waals surface area contributed by atoms with Crippen molar-refractivity contribution >= 4 is 0 Å². The molecule has 0 saturated heterocycles. The summed E-state index contributed by atoms with van der Waals surface area (Å²) in [7, 11) is 3.98. The van der Waals surface area contributed by atoms with E-state index in [0.717, 1.165) is 13.1 Å². The average Bonchev–Trinajstić information content (AvgIpc) is 2.48. The summed E-state index contributed by atoms with van der Waals surface area (Å²) in [6.45, 7) is 2.50. The lowest BCUT2D eigenvalue weighted by molar-refractivity contribution is 0.127. The van der Waals surface area contributed by atoms with E-state index in [1.807, 2.05) is 0 Å². The Kier molecular flexibility index (Phi) is 6.02. The number of rotatable bonds is 6. The van der Waals surface area contributed by atoms with Gasteiger partial charge < -0.3 is 10.5 Å². The first-order chi connectivity index (χ1) is 9.74. The average molecular weight is 276 g/mol. The third-order valence-corrected chi connectivity index (χ3v) is 4.47. The number of ether oxygens (including phenoxy) is 1. The third kappa shape index (κ3) is 4.05. The summed E-state index contributed by atoms with van der Waals surface area (Å²) in [6, 6.07) is 9.34. The van der Waals surface area contributed by atoms with Gasteiger partial charge in [0.25, 0.3) is 0 Å². The zero-order valence-electron chi connectivity index (χ0n) is 12.8. The molecule has 1 saturated carbocycles. The van der Waals surface area contributed by atoms with Crippen LogP contribution in [-0.4, -0.2) is 31.6 Å². The van der Waals surface area contributed by atoms with Crippen molar-refractivity contribution in [1.29, 1.82) is 0 Å². The summed E-state index contributed by atoms with van der Waals surface area (Å²) in [4.78, 5) is 2.49. The molecule has 0 spiro atoms. The molecule has 2 rings (SSSR count). The molecule has 1 aliphatic rings. The standard InChI is InChI=1S/C17H28N2O/c1-19(17-9-4-3-8-16(17)11-18)12-14-6-5-7-15(10-14)13-20-2/h5-7,10,16-17H,3-4,8-9,11-13,18H2,1-2H3. The number of hydrogen-bond acceptors (Lipinski definition) is 3. The Morgan fingerprint density at radius 1 is 1.25 bits per heavy atom. The van der Waals surface area contributed by atoms with Gasteiger partial charge in [0.05, 0.1) is 6.61 Å². The molecule has 1 fully saturated rings. The van der Waals surface area contributed by atoms with Crippen LogP contribution in [0.25, 0.3) is 0 Å². The second kappa shape index (κ2) is 7.77. The highest BCUT2D eigenvalue weighted by Crippen LogP contribution is 2.28. The Balaban J connectivity index is 1.99. The number of hydrogen-bond donors (Lipinski definition) is 1. The molecular weight excluding hydrogens is 248 g/mol. The fourth-order valence-corrected chi connectivity index (χ4v) is 3.43. The first-order valence-corrected chi connectivity index (χ1v) is 7.71. The lowest BCUT2D eigenvalue weighted by Gasteiger charge is -2.37. The fourth-order valence-electron chi connectivity index (χ4n) is 3.43. The molecule has 1 aliphatic carbocycles. The Labute approximate surface area is 123 Å². The van der Waals surface area contributed by atoms with Crippen molar-refractivity contribution in [3.05, 3.63) is 35.4 Å². The van der Waals surface area contributed by atoms with Crippen molar-refractivity contribution in [2.24, 2.45) is 11.7 Å². The van der Waals surface area contributed by atoms with E-state index in [9.17, 15) is 0 Å². The molecule has 2 atom stereocenters. The first kappa shape index (κ1) is 15.5. The smallest absolute Gasteiger partial charge is 0.0713 e. The first-order valence-electron chi connectivity index (χ1n) is 7.71. The van der Waals surface area contributed by atoms with Crippen LogP contribution in [0.2, 0.25) is 0 Å². The molecule has 20 heavy (non-hydrogen) atoms. The van der Waals surface area contributed by atoms with Crippen LogP contribution in [-0.2, 0) is 17.9 Å². The van der Waals surface area contributed by atoms with Crippen molar-refractivity contribution in [3.8, 4) is 0 Å². The van der Waals surface area contributed by atoms with Gasteiger partial charge in [0.2, 0.25) is 0 Å². The largest absolute Gasteiger partial charge is 0.380 e. The van der Waals surface area contributed by atoms with Gasteiger partial charge in [-0.3, -0.25) is 4.90 Å². The van der Waals surface area contributed by atoms with Crippen LogP contribution >= 0.6 is 0 Å². The lowest BCUT2D eigenvalue weighted by Crippen LogP contribution is -2.42. The molecular formula is C17H28N2O. The summed E-state index contributed by atoms with van der Waals surface area (Å²) in [6.07, 6.45) is 5.26. The van der Waals surface area contributed by atoms with Crippen molar-refractivity contribution in [2.45, 2.75) is 44.9 Å². The van der Waals surface area contributed by atoms with Gasteiger partial charge in [-0.2, -0.15) is 0 Å². The maximum atomic E-state index is 5.95. The van der Waals surface area contributed by atoms with Crippen molar-refractivity contribution in [1.82, 2.24) is 4.90 Å². The molecule has 3 heteroatoms. The molecule has 3 nitrogen and oxygen atoms in total. The second-order valence-electron chi connectivity index (χ2n) is 6.02. The minimum absolute atomic E-state index is 0.639. The second-order valence-corrected chi connectivity index (χ2v) is 6.02. The van der Waals surface area contributed by atoms with Crippen LogP contribution < -0.4 is 5.73 Å². The van der Waals surface area contributed by atoms with Crippen LogP contribution in [0.1, 0.15) is 36.8 Å². The van der Waals surface area contributed by atoms with Gasteiger partial charge in [-0.25, -0.2) is 0 Å². The molecule has 2 N–H and O–H groups in total. The maximum absolute atomic E-state index is 5.95. The molecule has 0 bridgehead atoms. The monoisotopic (exact) mass is 276 g/mol. The fraction of sp³-hybridized carbons (Fsp3) is 0.647. The van der Waals surface area contributed by atoms with Crippen molar-refractivity contribution < 1.29 is 4.74 Å². The van der Waals surface area contributed by atoms with Gasteiger partial charge >= 0.3 is 0 Å². The van der Waals surface area contributed by atoms with Gasteiger partial charge in [-0.05, 0) is 43.5 Å². The van der Waals surface area contributed by atoms with E-state index in [-0.39, 0.29) is 0 Å². The molecule has 0 radical (unpaired) electrons. The van der Waals surface area contributed by atoms with Crippen LogP contribution in [0.3, 0.4) is 0 Å². The summed E-state index contributed by atoms with van der Waals surface area (Å²) in [5, 5.41) is 0. The van der Waals surface area contributed by atoms with Crippen LogP contribution in [0, 0.1) is 5.92 Å². The molecule has 2 unspecified atom stereocenters. The highest BCUT2D eigenvalue weighted by atomic mass is 16.5. The van der Waals surface area contributed by atoms with E-state index in [1.165, 1.54) is 36.8 Å². The lowest BCUT2D eigenvalue weighted by atomic mass is 9.83. The van der Waals surface area contributed by atoms with E-state index >= 15 is 0 Å². The van der Waals surface area contributed by atoms with Crippen LogP contribution in [0.5, 0.6) is 0 Å². The SMILES string of the molecule is COCc1cccc(CN(C)C2CCCCC2CN)c1. The summed E-state index contributed by atoms with van der Waals surface area (Å²) in [5.41, 5.74) is 8.56. The van der Waals surface area contributed by atoms with Gasteiger partial charge in [0, 0.05) is 19.7 Å². The number of nitrogens with zero attached hydrogens (tertiary/aromatic N) is 1. The molecule has 1 aromatic rings. The van der Waals surface area contributed by atoms with Crippen LogP contribution in [0.15, 0.2) is 24.3 Å². The van der Waals surface area contributed by atoms with E-state index < -0.39 is 0 Å². The van der Waals surface area contributed by atoms with Gasteiger partial charge in [0.15, 0.2) is 0 Å². The normalized spacial score (nSPS) is 23.2. The van der Waals surface area contributed by atoms with Crippen LogP contribution in [0.4, 0.5) is 0 Å². The molecule has 1 aromatic carbocycles. The molecule has 0 amide bonds. The minimum Gasteiger partial charge on any atom is -0.380 e. The molecule has 0 aromatic heterocycles. The molecule has 0 heterocycles. The van der Waals surface area contributed by atoms with E-state index in [0.29, 0.717) is 18.6 Å². The Bertz CT molecular complexity index is 408. The predicted octanol–water partition coefficient (Wildman–Crippen LogP) is 2.78. The Hall–Kier alpha value is -0.900. The van der Waals surface area contributed by atoms with Crippen molar-refractivity contribution in [3.63, 3.8) is 0 Å². The molecule has 0 aliphatic heterocycles. The zero-order valence-corrected chi connectivity index (χ0v) is 12.8. The number of methoxy groups -OCH3 is 1. The minimum atomic E-state index is 0.639. The van der Waals surface area contributed by atoms with E-state index in [2.05, 4.69) is 36.2 Å². The predicted molar refractivity (Wildman–Crippen MR) is 83.4 cm³/mol. The van der Waals surface area contributed by atoms with Crippen molar-refractivity contribution in [2.75, 3.05) is 20.7 Å². The Morgan fingerprint density at radius 2 is 2.00 bits per heavy atom. The highest BCUT2D eigenvalue weighted by molar-refractivity contribution is 5.23. The quantitative estimate of drug-likeness (QED) is 0.868. The van der Waals surface area contributed by atoms with Gasteiger partial charge in [-0.15, -0.1) is 0 Å². The highest BCUT2D eigenvalue weighted by Gasteiger charge is 2.27. The topological polar surface area (TPSA) is 38.5 Å². The summed E-state index contributed by atoms with van der Waals surface area (Å²) >= 11 is 0. The maximum Gasteiger partial charge on any atom is 0.0713 e. The van der Waals surface area contributed by atoms with E-state index in [1.54, 1.807) is 7.11 Å².